The van der Waals surface area contributed by atoms with Crippen LogP contribution >= 0.6 is 0 Å². The number of nitrogens with two attached hydrogens (primary N) is 1. The van der Waals surface area contributed by atoms with Crippen LogP contribution in [0.4, 0.5) is 0 Å². The van der Waals surface area contributed by atoms with Gasteiger partial charge in [0, 0.05) is 52.0 Å². The number of benzene rings is 2. The van der Waals surface area contributed by atoms with E-state index in [1.54, 1.807) is 12.4 Å². The number of nitrogens with zero attached hydrogens (tertiary/aromatic N) is 2. The average molecular weight is 423 g/mol. The molecule has 0 aliphatic carbocycles. The number of H-pyrrole nitrogens is 2. The minimum atomic E-state index is -0.119. The third kappa shape index (κ3) is 3.69. The summed E-state index contributed by atoms with van der Waals surface area (Å²) in [6, 6.07) is 15.4. The number of amidine groups is 1. The Balaban J connectivity index is 1.23. The monoisotopic (exact) mass is 423 g/mol. The zero-order chi connectivity index (χ0) is 22.1. The lowest BCUT2D eigenvalue weighted by atomic mass is 10.1. The number of nitrogens with one attached hydrogen (secondary N) is 4. The zero-order valence-corrected chi connectivity index (χ0v) is 17.1. The Kier molecular flexibility index (Phi) is 4.87. The van der Waals surface area contributed by atoms with Crippen LogP contribution in [0.15, 0.2) is 67.3 Å². The fourth-order valence-electron chi connectivity index (χ4n) is 3.79. The summed E-state index contributed by atoms with van der Waals surface area (Å²) in [5.41, 5.74) is 11.6. The number of hydrogen-bond acceptors (Lipinski definition) is 4. The van der Waals surface area contributed by atoms with Gasteiger partial charge >= 0.3 is 0 Å². The van der Waals surface area contributed by atoms with E-state index in [1.807, 2.05) is 48.5 Å². The first-order valence-corrected chi connectivity index (χ1v) is 10.2. The second kappa shape index (κ2) is 7.99. The molecular weight excluding hydrogens is 402 g/mol. The van der Waals surface area contributed by atoms with E-state index in [0.717, 1.165) is 38.8 Å². The molecule has 0 saturated heterocycles. The molecule has 2 aromatic carbocycles. The summed E-state index contributed by atoms with van der Waals surface area (Å²) in [5, 5.41) is 12.5. The van der Waals surface area contributed by atoms with E-state index in [1.165, 1.54) is 6.33 Å². The molecule has 0 atom stereocenters. The van der Waals surface area contributed by atoms with Gasteiger partial charge in [-0.1, -0.05) is 18.2 Å². The first-order valence-electron chi connectivity index (χ1n) is 10.2. The molecule has 0 fully saturated rings. The van der Waals surface area contributed by atoms with Gasteiger partial charge in [-0.05, 0) is 47.9 Å². The smallest absolute Gasteiger partial charge is 0.251 e. The van der Waals surface area contributed by atoms with E-state index in [0.29, 0.717) is 24.1 Å². The predicted molar refractivity (Wildman–Crippen MR) is 125 cm³/mol. The van der Waals surface area contributed by atoms with Gasteiger partial charge in [-0.2, -0.15) is 0 Å². The lowest BCUT2D eigenvalue weighted by Crippen LogP contribution is -2.25. The Hall–Kier alpha value is -4.46. The molecule has 0 radical (unpaired) electrons. The van der Waals surface area contributed by atoms with Crippen molar-refractivity contribution in [3.05, 3.63) is 83.9 Å². The van der Waals surface area contributed by atoms with Gasteiger partial charge in [0.15, 0.2) is 0 Å². The molecule has 0 spiro atoms. The normalized spacial score (nSPS) is 11.1. The van der Waals surface area contributed by atoms with Crippen molar-refractivity contribution < 1.29 is 4.79 Å². The van der Waals surface area contributed by atoms with Gasteiger partial charge in [-0.15, -0.1) is 0 Å². The quantitative estimate of drug-likeness (QED) is 0.211. The van der Waals surface area contributed by atoms with Crippen LogP contribution in [-0.2, 0) is 6.42 Å². The molecule has 5 aromatic rings. The molecule has 0 aliphatic rings. The topological polar surface area (TPSA) is 136 Å². The van der Waals surface area contributed by atoms with Gasteiger partial charge in [0.05, 0.1) is 0 Å². The summed E-state index contributed by atoms with van der Waals surface area (Å²) in [4.78, 5) is 27.2. The summed E-state index contributed by atoms with van der Waals surface area (Å²) in [6.07, 6.45) is 5.69. The fourth-order valence-corrected chi connectivity index (χ4v) is 3.79. The Morgan fingerprint density at radius 3 is 2.75 bits per heavy atom. The number of aromatic nitrogens is 4. The summed E-state index contributed by atoms with van der Waals surface area (Å²) >= 11 is 0. The van der Waals surface area contributed by atoms with Crippen LogP contribution in [0.3, 0.4) is 0 Å². The van der Waals surface area contributed by atoms with E-state index in [2.05, 4.69) is 25.3 Å². The molecule has 0 bridgehead atoms. The van der Waals surface area contributed by atoms with Gasteiger partial charge in [0.1, 0.15) is 17.8 Å². The maximum atomic E-state index is 12.6. The maximum absolute atomic E-state index is 12.6. The van der Waals surface area contributed by atoms with Crippen molar-refractivity contribution in [2.75, 3.05) is 6.54 Å². The number of rotatable bonds is 6. The van der Waals surface area contributed by atoms with Crippen molar-refractivity contribution in [1.29, 1.82) is 5.41 Å². The number of hydrogen-bond donors (Lipinski definition) is 5. The van der Waals surface area contributed by atoms with Crippen LogP contribution in [0.1, 0.15) is 21.5 Å². The number of carbonyl (C=O) groups is 1. The molecule has 3 heterocycles. The lowest BCUT2D eigenvalue weighted by Gasteiger charge is -2.07. The van der Waals surface area contributed by atoms with E-state index in [-0.39, 0.29) is 11.7 Å². The summed E-state index contributed by atoms with van der Waals surface area (Å²) in [6.45, 7) is 0.507. The van der Waals surface area contributed by atoms with Gasteiger partial charge in [0.2, 0.25) is 0 Å². The predicted octanol–water partition coefficient (Wildman–Crippen LogP) is 3.36. The number of carbonyl (C=O) groups excluding carboxylic acids is 1. The van der Waals surface area contributed by atoms with E-state index < -0.39 is 0 Å². The zero-order valence-electron chi connectivity index (χ0n) is 17.1. The molecule has 8 nitrogen and oxygen atoms in total. The number of aromatic amines is 2. The second-order valence-corrected chi connectivity index (χ2v) is 7.59. The minimum absolute atomic E-state index is 0.0329. The Morgan fingerprint density at radius 2 is 1.97 bits per heavy atom. The van der Waals surface area contributed by atoms with Crippen LogP contribution in [0.2, 0.25) is 0 Å². The van der Waals surface area contributed by atoms with Gasteiger partial charge in [-0.25, -0.2) is 9.97 Å². The van der Waals surface area contributed by atoms with Crippen molar-refractivity contribution in [1.82, 2.24) is 25.3 Å². The van der Waals surface area contributed by atoms with Crippen LogP contribution in [0.5, 0.6) is 0 Å². The average Bonchev–Trinajstić information content (AvgIpc) is 3.43. The Morgan fingerprint density at radius 1 is 1.12 bits per heavy atom. The fraction of sp³-hybridized carbons (Fsp3) is 0.0833. The number of fused-ring (bicyclic) bond motifs is 2. The van der Waals surface area contributed by atoms with Crippen molar-refractivity contribution >= 4 is 33.7 Å². The van der Waals surface area contributed by atoms with Crippen LogP contribution in [0, 0.1) is 5.41 Å². The van der Waals surface area contributed by atoms with E-state index in [4.69, 9.17) is 11.1 Å². The molecule has 3 aromatic heterocycles. The van der Waals surface area contributed by atoms with Crippen molar-refractivity contribution in [2.45, 2.75) is 6.42 Å². The molecule has 6 N–H and O–H groups in total. The number of nitrogen functional groups attached to an aromatic ring is 1. The van der Waals surface area contributed by atoms with E-state index in [9.17, 15) is 4.79 Å². The molecule has 0 unspecified atom stereocenters. The largest absolute Gasteiger partial charge is 0.384 e. The number of amides is 1. The van der Waals surface area contributed by atoms with Crippen LogP contribution < -0.4 is 11.1 Å². The van der Waals surface area contributed by atoms with Crippen molar-refractivity contribution in [3.63, 3.8) is 0 Å². The molecular formula is C24H21N7O. The first-order chi connectivity index (χ1) is 15.6. The van der Waals surface area contributed by atoms with E-state index >= 15 is 0 Å². The van der Waals surface area contributed by atoms with Crippen molar-refractivity contribution in [2.24, 2.45) is 5.73 Å². The minimum Gasteiger partial charge on any atom is -0.384 e. The lowest BCUT2D eigenvalue weighted by molar-refractivity contribution is 0.0954. The summed E-state index contributed by atoms with van der Waals surface area (Å²) in [7, 11) is 0. The summed E-state index contributed by atoms with van der Waals surface area (Å²) in [5.74, 6) is -0.0864. The highest BCUT2D eigenvalue weighted by atomic mass is 16.1. The summed E-state index contributed by atoms with van der Waals surface area (Å²) < 4.78 is 0. The van der Waals surface area contributed by atoms with Crippen molar-refractivity contribution in [3.8, 4) is 11.3 Å². The highest BCUT2D eigenvalue weighted by Crippen LogP contribution is 2.23. The Labute approximate surface area is 183 Å². The van der Waals surface area contributed by atoms with Crippen LogP contribution in [0.25, 0.3) is 33.2 Å². The highest BCUT2D eigenvalue weighted by molar-refractivity contribution is 6.07. The molecule has 0 saturated carbocycles. The highest BCUT2D eigenvalue weighted by Gasteiger charge is 2.09. The van der Waals surface area contributed by atoms with Gasteiger partial charge < -0.3 is 21.0 Å². The SMILES string of the molecule is N=C(N)c1c[nH]c2ccc(CCNC(=O)c3ccc(-c4cc5cncnc5[nH]4)cc3)cc12. The standard InChI is InChI=1S/C24H21N7O/c25-22(26)19-12-29-20-6-1-14(9-18(19)20)7-8-28-24(32)16-4-2-15(3-5-16)21-10-17-11-27-13-30-23(17)31-21/h1-6,9-13,29H,7-8H2,(H3,25,26)(H,28,32)(H,27,30,31). The molecule has 0 aliphatic heterocycles. The molecule has 5 rings (SSSR count). The van der Waals surface area contributed by atoms with Crippen LogP contribution in [-0.4, -0.2) is 38.2 Å². The maximum Gasteiger partial charge on any atom is 0.251 e. The van der Waals surface area contributed by atoms with Gasteiger partial charge in [0.25, 0.3) is 5.91 Å². The third-order valence-electron chi connectivity index (χ3n) is 5.49. The second-order valence-electron chi connectivity index (χ2n) is 7.59. The molecule has 1 amide bonds. The first kappa shape index (κ1) is 19.5. The molecule has 32 heavy (non-hydrogen) atoms. The van der Waals surface area contributed by atoms with Gasteiger partial charge in [-0.3, -0.25) is 10.2 Å². The molecule has 158 valence electrons. The Bertz CT molecular complexity index is 1410. The molecule has 8 heteroatoms. The third-order valence-corrected chi connectivity index (χ3v) is 5.49.